The van der Waals surface area contributed by atoms with Gasteiger partial charge in [-0.3, -0.25) is 9.59 Å². The van der Waals surface area contributed by atoms with Gasteiger partial charge in [0.05, 0.1) is 5.02 Å². The summed E-state index contributed by atoms with van der Waals surface area (Å²) in [5, 5.41) is 0.0918. The summed E-state index contributed by atoms with van der Waals surface area (Å²) in [6.07, 6.45) is 5.58. The molecule has 0 amide bonds. The molecular formula is C18H20ClFO3. The Kier molecular flexibility index (Phi) is 4.72. The molecule has 0 spiro atoms. The maximum absolute atomic E-state index is 13.3. The van der Waals surface area contributed by atoms with Gasteiger partial charge in [0.2, 0.25) is 0 Å². The van der Waals surface area contributed by atoms with Crippen LogP contribution in [0.25, 0.3) is 0 Å². The smallest absolute Gasteiger partial charge is 0.313 e. The van der Waals surface area contributed by atoms with Crippen LogP contribution < -0.4 is 0 Å². The third-order valence-electron chi connectivity index (χ3n) is 5.08. The first-order chi connectivity index (χ1) is 11.0. The van der Waals surface area contributed by atoms with Gasteiger partial charge in [0, 0.05) is 6.42 Å². The summed E-state index contributed by atoms with van der Waals surface area (Å²) in [4.78, 5) is 23.8. The lowest BCUT2D eigenvalue weighted by atomic mass is 9.76. The second kappa shape index (κ2) is 6.60. The number of Topliss-reactive ketones (excluding diaryl/α,β-unsaturated/α-hetero) is 1. The average molecular weight is 339 g/mol. The maximum atomic E-state index is 13.3. The lowest BCUT2D eigenvalue weighted by Gasteiger charge is -2.41. The monoisotopic (exact) mass is 338 g/mol. The lowest BCUT2D eigenvalue weighted by Crippen LogP contribution is -2.48. The van der Waals surface area contributed by atoms with Crippen LogP contribution >= 0.6 is 11.6 Å². The van der Waals surface area contributed by atoms with Crippen LogP contribution in [0.1, 0.15) is 50.5 Å². The zero-order valence-electron chi connectivity index (χ0n) is 12.9. The largest absolute Gasteiger partial charge is 0.458 e. The van der Waals surface area contributed by atoms with E-state index in [1.165, 1.54) is 6.07 Å². The highest BCUT2D eigenvalue weighted by atomic mass is 35.5. The van der Waals surface area contributed by atoms with Crippen LogP contribution in [-0.4, -0.2) is 17.4 Å². The van der Waals surface area contributed by atoms with Gasteiger partial charge in [0.1, 0.15) is 23.6 Å². The Labute approximate surface area is 140 Å². The molecule has 1 saturated carbocycles. The number of halogens is 2. The number of carbonyl (C=O) groups is 2. The molecule has 1 atom stereocenters. The lowest BCUT2D eigenvalue weighted by molar-refractivity contribution is -0.178. The summed E-state index contributed by atoms with van der Waals surface area (Å²) < 4.78 is 19.0. The van der Waals surface area contributed by atoms with E-state index in [9.17, 15) is 14.0 Å². The van der Waals surface area contributed by atoms with Crippen LogP contribution in [0.2, 0.25) is 5.02 Å². The van der Waals surface area contributed by atoms with Crippen molar-refractivity contribution in [3.8, 4) is 0 Å². The van der Waals surface area contributed by atoms with Gasteiger partial charge in [-0.05, 0) is 49.3 Å². The van der Waals surface area contributed by atoms with Gasteiger partial charge in [0.25, 0.3) is 0 Å². The van der Waals surface area contributed by atoms with Crippen molar-refractivity contribution in [1.82, 2.24) is 0 Å². The summed E-state index contributed by atoms with van der Waals surface area (Å²) in [7, 11) is 0. The van der Waals surface area contributed by atoms with Gasteiger partial charge in [0.15, 0.2) is 0 Å². The zero-order chi connectivity index (χ0) is 16.4. The molecule has 0 radical (unpaired) electrons. The van der Waals surface area contributed by atoms with Crippen LogP contribution in [0.15, 0.2) is 18.2 Å². The van der Waals surface area contributed by atoms with Crippen molar-refractivity contribution >= 4 is 23.4 Å². The highest BCUT2D eigenvalue weighted by Crippen LogP contribution is 2.43. The fraction of sp³-hybridized carbons (Fsp3) is 0.556. The molecule has 5 heteroatoms. The number of ketones is 1. The minimum Gasteiger partial charge on any atom is -0.458 e. The molecular weight excluding hydrogens is 319 g/mol. The number of hydrogen-bond donors (Lipinski definition) is 0. The number of cyclic esters (lactones) is 1. The molecule has 0 bridgehead atoms. The molecule has 1 aliphatic carbocycles. The number of hydrogen-bond acceptors (Lipinski definition) is 3. The number of ether oxygens (including phenoxy) is 1. The standard InChI is InChI=1S/C18H20ClFO3/c19-15-9-12(5-6-16(15)20)7-8-18(13-3-1-2-4-13)11-14(21)10-17(22)23-18/h5-6,9,13H,1-4,7-8,10-11H2. The van der Waals surface area contributed by atoms with E-state index in [2.05, 4.69) is 0 Å². The summed E-state index contributed by atoms with van der Waals surface area (Å²) in [5.41, 5.74) is 0.201. The zero-order valence-corrected chi connectivity index (χ0v) is 13.7. The van der Waals surface area contributed by atoms with Gasteiger partial charge >= 0.3 is 5.97 Å². The van der Waals surface area contributed by atoms with E-state index in [0.717, 1.165) is 31.2 Å². The summed E-state index contributed by atoms with van der Waals surface area (Å²) in [6.45, 7) is 0. The fourth-order valence-electron chi connectivity index (χ4n) is 3.93. The van der Waals surface area contributed by atoms with Gasteiger partial charge in [-0.1, -0.05) is 30.5 Å². The Hall–Kier alpha value is -1.42. The van der Waals surface area contributed by atoms with Crippen molar-refractivity contribution in [2.24, 2.45) is 5.92 Å². The first-order valence-corrected chi connectivity index (χ1v) is 8.54. The van der Waals surface area contributed by atoms with Gasteiger partial charge in [-0.15, -0.1) is 0 Å². The Morgan fingerprint density at radius 1 is 1.26 bits per heavy atom. The number of rotatable bonds is 4. The van der Waals surface area contributed by atoms with E-state index in [4.69, 9.17) is 16.3 Å². The molecule has 1 aliphatic heterocycles. The summed E-state index contributed by atoms with van der Waals surface area (Å²) in [5.74, 6) is -0.651. The summed E-state index contributed by atoms with van der Waals surface area (Å²) in [6, 6.07) is 4.64. The van der Waals surface area contributed by atoms with Crippen molar-refractivity contribution in [2.45, 2.75) is 57.0 Å². The van der Waals surface area contributed by atoms with Crippen molar-refractivity contribution in [3.63, 3.8) is 0 Å². The third kappa shape index (κ3) is 3.57. The maximum Gasteiger partial charge on any atom is 0.313 e. The van der Waals surface area contributed by atoms with E-state index >= 15 is 0 Å². The molecule has 1 unspecified atom stereocenters. The molecule has 0 aromatic heterocycles. The average Bonchev–Trinajstić information content (AvgIpc) is 3.02. The van der Waals surface area contributed by atoms with E-state index < -0.39 is 17.4 Å². The second-order valence-corrected chi connectivity index (χ2v) is 7.07. The molecule has 23 heavy (non-hydrogen) atoms. The summed E-state index contributed by atoms with van der Waals surface area (Å²) >= 11 is 5.83. The van der Waals surface area contributed by atoms with Crippen LogP contribution in [0.4, 0.5) is 4.39 Å². The minimum absolute atomic E-state index is 0.0368. The Morgan fingerprint density at radius 2 is 2.00 bits per heavy atom. The van der Waals surface area contributed by atoms with Gasteiger partial charge in [-0.2, -0.15) is 0 Å². The van der Waals surface area contributed by atoms with Gasteiger partial charge < -0.3 is 4.74 Å². The quantitative estimate of drug-likeness (QED) is 0.609. The molecule has 2 fully saturated rings. The fourth-order valence-corrected chi connectivity index (χ4v) is 4.13. The van der Waals surface area contributed by atoms with Crippen molar-refractivity contribution in [3.05, 3.63) is 34.6 Å². The van der Waals surface area contributed by atoms with Crippen LogP contribution in [-0.2, 0) is 20.7 Å². The number of carbonyl (C=O) groups excluding carboxylic acids is 2. The van der Waals surface area contributed by atoms with Gasteiger partial charge in [-0.25, -0.2) is 4.39 Å². The first kappa shape index (κ1) is 16.4. The van der Waals surface area contributed by atoms with Crippen LogP contribution in [0, 0.1) is 11.7 Å². The molecule has 1 heterocycles. The third-order valence-corrected chi connectivity index (χ3v) is 5.36. The molecule has 1 saturated heterocycles. The topological polar surface area (TPSA) is 43.4 Å². The van der Waals surface area contributed by atoms with E-state index in [1.807, 2.05) is 0 Å². The molecule has 3 nitrogen and oxygen atoms in total. The Bertz CT molecular complexity index is 607. The Morgan fingerprint density at radius 3 is 2.65 bits per heavy atom. The molecule has 2 aliphatic rings. The molecule has 1 aromatic carbocycles. The second-order valence-electron chi connectivity index (χ2n) is 6.66. The number of aryl methyl sites for hydroxylation is 1. The van der Waals surface area contributed by atoms with Crippen LogP contribution in [0.3, 0.4) is 0 Å². The number of benzene rings is 1. The predicted octanol–water partition coefficient (Wildman–Crippen LogP) is 4.25. The van der Waals surface area contributed by atoms with Crippen molar-refractivity contribution in [1.29, 1.82) is 0 Å². The molecule has 124 valence electrons. The SMILES string of the molecule is O=C1CC(=O)OC(CCc2ccc(F)c(Cl)c2)(C2CCCC2)C1. The molecule has 0 N–H and O–H groups in total. The minimum atomic E-state index is -0.691. The Balaban J connectivity index is 1.79. The highest BCUT2D eigenvalue weighted by molar-refractivity contribution is 6.30. The molecule has 1 aromatic rings. The normalized spacial score (nSPS) is 25.7. The van der Waals surface area contributed by atoms with Crippen molar-refractivity contribution in [2.75, 3.05) is 0 Å². The van der Waals surface area contributed by atoms with E-state index in [0.29, 0.717) is 19.3 Å². The molecule has 3 rings (SSSR count). The highest BCUT2D eigenvalue weighted by Gasteiger charge is 2.47. The van der Waals surface area contributed by atoms with Crippen LogP contribution in [0.5, 0.6) is 0 Å². The van der Waals surface area contributed by atoms with Crippen molar-refractivity contribution < 1.29 is 18.7 Å². The first-order valence-electron chi connectivity index (χ1n) is 8.16. The number of esters is 1. The van der Waals surface area contributed by atoms with E-state index in [-0.39, 0.29) is 23.1 Å². The predicted molar refractivity (Wildman–Crippen MR) is 84.8 cm³/mol. The van der Waals surface area contributed by atoms with E-state index in [1.54, 1.807) is 12.1 Å².